The Labute approximate surface area is 48.2 Å². The average Bonchev–Trinajstić information content (AvgIpc) is 1.72. The topological polar surface area (TPSA) is 97.6 Å². The van der Waals surface area contributed by atoms with Gasteiger partial charge in [-0.3, -0.25) is 5.41 Å². The van der Waals surface area contributed by atoms with Crippen LogP contribution in [0, 0.1) is 16.5 Å². The van der Waals surface area contributed by atoms with Crippen molar-refractivity contribution >= 4 is 5.84 Å². The second kappa shape index (κ2) is 5.81. The molecule has 0 atom stereocenters. The van der Waals surface area contributed by atoms with Crippen molar-refractivity contribution in [2.75, 3.05) is 0 Å². The van der Waals surface area contributed by atoms with E-state index in [4.69, 9.17) is 22.2 Å². The Morgan fingerprint density at radius 3 is 1.62 bits per heavy atom. The Balaban J connectivity index is 0. The first-order chi connectivity index (χ1) is 3.64. The van der Waals surface area contributed by atoms with Crippen molar-refractivity contribution in [3.05, 3.63) is 12.2 Å². The molecule has 0 amide bonds. The fourth-order valence-corrected chi connectivity index (χ4v) is 0. The summed E-state index contributed by atoms with van der Waals surface area (Å²) in [5, 5.41) is 6.63. The Kier molecular flexibility index (Phi) is 7.22. The number of nitrogens with two attached hydrogens (primary N) is 1. The molecule has 0 saturated carbocycles. The highest BCUT2D eigenvalue weighted by Gasteiger charge is 1.80. The van der Waals surface area contributed by atoms with Crippen LogP contribution in [0.1, 0.15) is 6.92 Å². The van der Waals surface area contributed by atoms with E-state index in [0.717, 1.165) is 0 Å². The molecule has 0 saturated heterocycles. The lowest BCUT2D eigenvalue weighted by molar-refractivity contribution is 1.05. The zero-order chi connectivity index (χ0) is 7.15. The number of hydrogen-bond donors (Lipinski definition) is 4. The minimum Gasteiger partial charge on any atom is -0.384 e. The van der Waals surface area contributed by atoms with Gasteiger partial charge in [0.2, 0.25) is 0 Å². The van der Waals surface area contributed by atoms with E-state index < -0.39 is 0 Å². The Bertz CT molecular complexity index is 84.2. The van der Waals surface area contributed by atoms with Gasteiger partial charge in [0.05, 0.1) is 0 Å². The third-order valence-electron chi connectivity index (χ3n) is 0.460. The van der Waals surface area contributed by atoms with Crippen molar-refractivity contribution in [3.63, 3.8) is 0 Å². The maximum Gasteiger partial charge on any atom is 0.117 e. The molecule has 0 aliphatic heterocycles. The van der Waals surface area contributed by atoms with Crippen LogP contribution in [0.25, 0.3) is 0 Å². The summed E-state index contributed by atoms with van der Waals surface area (Å²) < 4.78 is 0. The van der Waals surface area contributed by atoms with Crippen LogP contribution in [0.15, 0.2) is 12.2 Å². The third kappa shape index (κ3) is 8.84. The quantitative estimate of drug-likeness (QED) is 0.229. The molecule has 5 N–H and O–H groups in total. The molecule has 0 heterocycles. The van der Waals surface area contributed by atoms with Crippen LogP contribution in [0.5, 0.6) is 0 Å². The lowest BCUT2D eigenvalue weighted by Crippen LogP contribution is -2.08. The van der Waals surface area contributed by atoms with Crippen LogP contribution < -0.4 is 5.73 Å². The molecule has 0 aromatic rings. The molecule has 0 fully saturated rings. The molecule has 4 nitrogen and oxygen atoms in total. The summed E-state index contributed by atoms with van der Waals surface area (Å²) in [7, 11) is 0. The van der Waals surface area contributed by atoms with Gasteiger partial charge >= 0.3 is 0 Å². The zero-order valence-electron chi connectivity index (χ0n) is 4.78. The highest BCUT2D eigenvalue weighted by molar-refractivity contribution is 5.92. The van der Waals surface area contributed by atoms with Gasteiger partial charge in [-0.2, -0.15) is 0 Å². The van der Waals surface area contributed by atoms with E-state index in [0.29, 0.717) is 5.57 Å². The van der Waals surface area contributed by atoms with Gasteiger partial charge in [0.1, 0.15) is 5.84 Å². The van der Waals surface area contributed by atoms with Gasteiger partial charge in [-0.1, -0.05) is 6.58 Å². The number of amidine groups is 1. The lowest BCUT2D eigenvalue weighted by atomic mass is 10.3. The maximum absolute atomic E-state index is 6.63. The van der Waals surface area contributed by atoms with Gasteiger partial charge in [0, 0.05) is 0 Å². The van der Waals surface area contributed by atoms with Gasteiger partial charge in [0.15, 0.2) is 0 Å². The van der Waals surface area contributed by atoms with Crippen LogP contribution in [0.4, 0.5) is 0 Å². The van der Waals surface area contributed by atoms with Gasteiger partial charge in [-0.25, -0.2) is 11.1 Å². The van der Waals surface area contributed by atoms with Crippen molar-refractivity contribution in [3.8, 4) is 0 Å². The minimum atomic E-state index is 0.0648. The van der Waals surface area contributed by atoms with E-state index in [-0.39, 0.29) is 5.84 Å². The van der Waals surface area contributed by atoms with E-state index >= 15 is 0 Å². The van der Waals surface area contributed by atoms with E-state index in [1.165, 1.54) is 0 Å². The van der Waals surface area contributed by atoms with Crippen LogP contribution in [-0.4, -0.2) is 5.84 Å². The summed E-state index contributed by atoms with van der Waals surface area (Å²) in [5.74, 6) is 0.0648. The van der Waals surface area contributed by atoms with Crippen molar-refractivity contribution in [1.29, 1.82) is 16.5 Å². The third-order valence-corrected chi connectivity index (χ3v) is 0.460. The summed E-state index contributed by atoms with van der Waals surface area (Å²) in [4.78, 5) is 0. The standard InChI is InChI=1S/C4H8N2.H2N2/c1-3(2)4(5)6;1-2/h1H2,2H3,(H3,5,6);1-2H. The molecule has 0 aliphatic rings. The largest absolute Gasteiger partial charge is 0.384 e. The number of rotatable bonds is 1. The zero-order valence-corrected chi connectivity index (χ0v) is 4.78. The fraction of sp³-hybridized carbons (Fsp3) is 0.250. The lowest BCUT2D eigenvalue weighted by Gasteiger charge is -1.86. The average molecular weight is 114 g/mol. The van der Waals surface area contributed by atoms with Crippen LogP contribution in [-0.2, 0) is 0 Å². The summed E-state index contributed by atoms with van der Waals surface area (Å²) >= 11 is 0. The summed E-state index contributed by atoms with van der Waals surface area (Å²) in [6.45, 7) is 5.10. The van der Waals surface area contributed by atoms with Crippen molar-refractivity contribution in [2.24, 2.45) is 5.73 Å². The molecule has 0 aliphatic carbocycles. The molecular weight excluding hydrogens is 104 g/mol. The normalized spacial score (nSPS) is 6.12. The van der Waals surface area contributed by atoms with E-state index in [1.807, 2.05) is 0 Å². The first kappa shape index (κ1) is 9.94. The first-order valence-corrected chi connectivity index (χ1v) is 1.89. The second-order valence-corrected chi connectivity index (χ2v) is 1.19. The van der Waals surface area contributed by atoms with E-state index in [2.05, 4.69) is 6.58 Å². The van der Waals surface area contributed by atoms with Crippen LogP contribution >= 0.6 is 0 Å². The predicted molar refractivity (Wildman–Crippen MR) is 32.2 cm³/mol. The molecular formula is C4H10N4. The smallest absolute Gasteiger partial charge is 0.117 e. The summed E-state index contributed by atoms with van der Waals surface area (Å²) in [6, 6.07) is 0. The monoisotopic (exact) mass is 114 g/mol. The number of nitrogens with one attached hydrogen (secondary N) is 3. The highest BCUT2D eigenvalue weighted by Crippen LogP contribution is 1.78. The number of hydrogen-bond acceptors (Lipinski definition) is 3. The van der Waals surface area contributed by atoms with Gasteiger partial charge < -0.3 is 5.73 Å². The van der Waals surface area contributed by atoms with Gasteiger partial charge in [-0.15, -0.1) is 0 Å². The van der Waals surface area contributed by atoms with Crippen molar-refractivity contribution in [1.82, 2.24) is 0 Å². The van der Waals surface area contributed by atoms with E-state index in [9.17, 15) is 0 Å². The molecule has 0 radical (unpaired) electrons. The van der Waals surface area contributed by atoms with Crippen molar-refractivity contribution in [2.45, 2.75) is 6.92 Å². The fourth-order valence-electron chi connectivity index (χ4n) is 0. The van der Waals surface area contributed by atoms with Gasteiger partial charge in [0.25, 0.3) is 0 Å². The molecule has 0 aromatic heterocycles. The maximum atomic E-state index is 6.63. The SMILES string of the molecule is C=C(C)C(=N)N.N=N. The first-order valence-electron chi connectivity index (χ1n) is 1.89. The molecule has 46 valence electrons. The Hall–Kier alpha value is -1.19. The summed E-state index contributed by atoms with van der Waals surface area (Å²) in [5.41, 5.74) is 15.5. The van der Waals surface area contributed by atoms with Crippen LogP contribution in [0.3, 0.4) is 0 Å². The molecule has 0 unspecified atom stereocenters. The Morgan fingerprint density at radius 2 is 1.62 bits per heavy atom. The summed E-state index contributed by atoms with van der Waals surface area (Å²) in [6.07, 6.45) is 0. The molecule has 4 heteroatoms. The predicted octanol–water partition coefficient (Wildman–Crippen LogP) is 1.09. The molecule has 0 spiro atoms. The van der Waals surface area contributed by atoms with Crippen LogP contribution in [0.2, 0.25) is 0 Å². The van der Waals surface area contributed by atoms with Crippen molar-refractivity contribution < 1.29 is 0 Å². The molecule has 8 heavy (non-hydrogen) atoms. The Morgan fingerprint density at radius 1 is 1.50 bits per heavy atom. The second-order valence-electron chi connectivity index (χ2n) is 1.19. The van der Waals surface area contributed by atoms with Gasteiger partial charge in [-0.05, 0) is 12.5 Å². The molecule has 0 aromatic carbocycles. The molecule has 0 bridgehead atoms. The van der Waals surface area contributed by atoms with E-state index in [1.54, 1.807) is 6.92 Å². The highest BCUT2D eigenvalue weighted by atomic mass is 14.7. The molecule has 0 rings (SSSR count). The minimum absolute atomic E-state index is 0.0648.